The molecule has 0 saturated carbocycles. The topological polar surface area (TPSA) is 97.6 Å². The number of amides is 2. The van der Waals surface area contributed by atoms with Crippen molar-refractivity contribution < 1.29 is 18.7 Å². The minimum Gasteiger partial charge on any atom is -0.457 e. The molecule has 1 heterocycles. The van der Waals surface area contributed by atoms with Gasteiger partial charge in [0, 0.05) is 29.6 Å². The van der Waals surface area contributed by atoms with Gasteiger partial charge in [-0.25, -0.2) is 14.4 Å². The van der Waals surface area contributed by atoms with Crippen molar-refractivity contribution >= 4 is 23.0 Å². The first kappa shape index (κ1) is 22.1. The van der Waals surface area contributed by atoms with Gasteiger partial charge in [0.1, 0.15) is 12.2 Å². The quantitative estimate of drug-likeness (QED) is 0.463. The molecule has 0 atom stereocenters. The van der Waals surface area contributed by atoms with E-state index in [1.54, 1.807) is 24.3 Å². The number of hydrogen-bond donors (Lipinski definition) is 2. The first-order valence-electron chi connectivity index (χ1n) is 10.1. The zero-order chi connectivity index (χ0) is 22.5. The first-order chi connectivity index (χ1) is 14.7. The second-order valence-electron chi connectivity index (χ2n) is 7.73. The van der Waals surface area contributed by atoms with Gasteiger partial charge in [0.25, 0.3) is 0 Å². The van der Waals surface area contributed by atoms with Gasteiger partial charge in [0.15, 0.2) is 0 Å². The van der Waals surface area contributed by atoms with Crippen molar-refractivity contribution in [1.29, 1.82) is 0 Å². The summed E-state index contributed by atoms with van der Waals surface area (Å²) in [5.41, 5.74) is 3.76. The number of carbonyl (C=O) groups excluding carboxylic acids is 2. The van der Waals surface area contributed by atoms with E-state index >= 15 is 0 Å². The van der Waals surface area contributed by atoms with Crippen LogP contribution in [0.4, 0.5) is 4.79 Å². The van der Waals surface area contributed by atoms with E-state index in [2.05, 4.69) is 10.6 Å². The Labute approximate surface area is 180 Å². The summed E-state index contributed by atoms with van der Waals surface area (Å²) in [6.45, 7) is 7.90. The Balaban J connectivity index is 1.66. The Morgan fingerprint density at radius 2 is 1.77 bits per heavy atom. The molecule has 0 aliphatic heterocycles. The molecular formula is C24H26N2O5. The lowest BCUT2D eigenvalue weighted by atomic mass is 10.0. The van der Waals surface area contributed by atoms with Gasteiger partial charge in [-0.05, 0) is 56.5 Å². The van der Waals surface area contributed by atoms with Crippen LogP contribution in [0, 0.1) is 13.8 Å². The van der Waals surface area contributed by atoms with E-state index in [9.17, 15) is 14.4 Å². The molecule has 2 N–H and O–H groups in total. The minimum atomic E-state index is -0.498. The van der Waals surface area contributed by atoms with Gasteiger partial charge in [-0.2, -0.15) is 0 Å². The number of nitrogens with one attached hydrogen (secondary N) is 2. The van der Waals surface area contributed by atoms with E-state index in [-0.39, 0.29) is 18.7 Å². The standard InChI is InChI=1S/C24H26N2O5/c1-14(2)26-24(29)25-12-17-6-8-18(9-7-17)23(28)30-13-19-11-21(27)31-22-16(4)15(3)5-10-20(19)22/h5-11,14H,12-13H2,1-4H3,(H2,25,26,29). The lowest BCUT2D eigenvalue weighted by Crippen LogP contribution is -2.39. The summed E-state index contributed by atoms with van der Waals surface area (Å²) in [5.74, 6) is -0.498. The molecule has 7 nitrogen and oxygen atoms in total. The zero-order valence-corrected chi connectivity index (χ0v) is 18.1. The molecule has 0 fully saturated rings. The maximum Gasteiger partial charge on any atom is 0.338 e. The smallest absolute Gasteiger partial charge is 0.338 e. The van der Waals surface area contributed by atoms with Crippen LogP contribution in [0.5, 0.6) is 0 Å². The molecular weight excluding hydrogens is 396 g/mol. The molecule has 162 valence electrons. The van der Waals surface area contributed by atoms with E-state index in [0.717, 1.165) is 22.1 Å². The molecule has 0 bridgehead atoms. The average Bonchev–Trinajstić information content (AvgIpc) is 2.73. The molecule has 2 aromatic carbocycles. The zero-order valence-electron chi connectivity index (χ0n) is 18.1. The number of aryl methyl sites for hydroxylation is 2. The lowest BCUT2D eigenvalue weighted by Gasteiger charge is -2.11. The summed E-state index contributed by atoms with van der Waals surface area (Å²) in [7, 11) is 0. The summed E-state index contributed by atoms with van der Waals surface area (Å²) >= 11 is 0. The molecule has 3 rings (SSSR count). The molecule has 0 spiro atoms. The lowest BCUT2D eigenvalue weighted by molar-refractivity contribution is 0.0473. The normalized spacial score (nSPS) is 10.9. The Morgan fingerprint density at radius 1 is 1.06 bits per heavy atom. The largest absolute Gasteiger partial charge is 0.457 e. The van der Waals surface area contributed by atoms with Gasteiger partial charge >= 0.3 is 17.6 Å². The van der Waals surface area contributed by atoms with E-state index in [4.69, 9.17) is 9.15 Å². The highest BCUT2D eigenvalue weighted by Crippen LogP contribution is 2.24. The molecule has 0 aliphatic rings. The van der Waals surface area contributed by atoms with Gasteiger partial charge in [0.2, 0.25) is 0 Å². The molecule has 0 saturated heterocycles. The molecule has 2 amide bonds. The number of benzene rings is 2. The highest BCUT2D eigenvalue weighted by Gasteiger charge is 2.13. The van der Waals surface area contributed by atoms with Crippen LogP contribution in [0.3, 0.4) is 0 Å². The minimum absolute atomic E-state index is 0.0396. The van der Waals surface area contributed by atoms with Crippen molar-refractivity contribution in [3.05, 3.63) is 80.7 Å². The molecule has 1 aromatic heterocycles. The number of hydrogen-bond acceptors (Lipinski definition) is 5. The van der Waals surface area contributed by atoms with E-state index < -0.39 is 11.6 Å². The van der Waals surface area contributed by atoms with Crippen LogP contribution in [0.2, 0.25) is 0 Å². The number of ether oxygens (including phenoxy) is 1. The van der Waals surface area contributed by atoms with Crippen LogP contribution in [-0.4, -0.2) is 18.0 Å². The monoisotopic (exact) mass is 422 g/mol. The second-order valence-corrected chi connectivity index (χ2v) is 7.73. The van der Waals surface area contributed by atoms with Crippen LogP contribution in [0.1, 0.15) is 46.5 Å². The van der Waals surface area contributed by atoms with E-state index in [1.807, 2.05) is 39.8 Å². The van der Waals surface area contributed by atoms with Crippen LogP contribution in [-0.2, 0) is 17.9 Å². The number of esters is 1. The van der Waals surface area contributed by atoms with Crippen LogP contribution in [0.15, 0.2) is 51.7 Å². The summed E-state index contributed by atoms with van der Waals surface area (Å²) in [4.78, 5) is 36.1. The SMILES string of the molecule is Cc1ccc2c(COC(=O)c3ccc(CNC(=O)NC(C)C)cc3)cc(=O)oc2c1C. The highest BCUT2D eigenvalue weighted by atomic mass is 16.5. The average molecular weight is 422 g/mol. The Kier molecular flexibility index (Phi) is 6.74. The van der Waals surface area contributed by atoms with Crippen molar-refractivity contribution in [3.63, 3.8) is 0 Å². The van der Waals surface area contributed by atoms with Crippen LogP contribution >= 0.6 is 0 Å². The van der Waals surface area contributed by atoms with Gasteiger partial charge in [-0.3, -0.25) is 0 Å². The van der Waals surface area contributed by atoms with Crippen LogP contribution < -0.4 is 16.3 Å². The number of urea groups is 1. The second kappa shape index (κ2) is 9.47. The predicted octanol–water partition coefficient (Wildman–Crippen LogP) is 3.97. The molecule has 3 aromatic rings. The molecule has 0 radical (unpaired) electrons. The first-order valence-corrected chi connectivity index (χ1v) is 10.1. The van der Waals surface area contributed by atoms with E-state index in [0.29, 0.717) is 23.3 Å². The number of carbonyl (C=O) groups is 2. The maximum absolute atomic E-state index is 12.5. The van der Waals surface area contributed by atoms with Crippen molar-refractivity contribution in [3.8, 4) is 0 Å². The van der Waals surface area contributed by atoms with Gasteiger partial charge < -0.3 is 19.8 Å². The summed E-state index contributed by atoms with van der Waals surface area (Å²) in [5, 5.41) is 6.24. The fourth-order valence-electron chi connectivity index (χ4n) is 3.12. The van der Waals surface area contributed by atoms with Crippen molar-refractivity contribution in [2.45, 2.75) is 46.9 Å². The summed E-state index contributed by atoms with van der Waals surface area (Å²) < 4.78 is 10.8. The van der Waals surface area contributed by atoms with Gasteiger partial charge in [-0.1, -0.05) is 24.3 Å². The molecule has 31 heavy (non-hydrogen) atoms. The van der Waals surface area contributed by atoms with Crippen molar-refractivity contribution in [2.75, 3.05) is 0 Å². The third-order valence-corrected chi connectivity index (χ3v) is 4.94. The molecule has 7 heteroatoms. The van der Waals surface area contributed by atoms with Crippen molar-refractivity contribution in [1.82, 2.24) is 10.6 Å². The summed E-state index contributed by atoms with van der Waals surface area (Å²) in [6.07, 6.45) is 0. The Hall–Kier alpha value is -3.61. The fourth-order valence-corrected chi connectivity index (χ4v) is 3.12. The van der Waals surface area contributed by atoms with E-state index in [1.165, 1.54) is 6.07 Å². The Morgan fingerprint density at radius 3 is 2.45 bits per heavy atom. The van der Waals surface area contributed by atoms with Gasteiger partial charge in [0.05, 0.1) is 5.56 Å². The molecule has 0 aliphatic carbocycles. The fraction of sp³-hybridized carbons (Fsp3) is 0.292. The van der Waals surface area contributed by atoms with Gasteiger partial charge in [-0.15, -0.1) is 0 Å². The summed E-state index contributed by atoms with van der Waals surface area (Å²) in [6, 6.07) is 11.8. The maximum atomic E-state index is 12.5. The predicted molar refractivity (Wildman–Crippen MR) is 118 cm³/mol. The van der Waals surface area contributed by atoms with Crippen LogP contribution in [0.25, 0.3) is 11.0 Å². The van der Waals surface area contributed by atoms with Crippen molar-refractivity contribution in [2.24, 2.45) is 0 Å². The number of rotatable bonds is 6. The number of fused-ring (bicyclic) bond motifs is 1. The highest BCUT2D eigenvalue weighted by molar-refractivity contribution is 5.90. The Bertz CT molecular complexity index is 1160. The molecule has 0 unspecified atom stereocenters. The third-order valence-electron chi connectivity index (χ3n) is 4.94. The third kappa shape index (κ3) is 5.51.